The van der Waals surface area contributed by atoms with E-state index in [0.717, 1.165) is 31.5 Å². The third-order valence-corrected chi connectivity index (χ3v) is 6.18. The lowest BCUT2D eigenvalue weighted by Gasteiger charge is -2.29. The zero-order chi connectivity index (χ0) is 19.1. The molecular formula is C22H38IN5. The minimum absolute atomic E-state index is 0. The van der Waals surface area contributed by atoms with E-state index in [1.165, 1.54) is 44.3 Å². The van der Waals surface area contributed by atoms with Crippen molar-refractivity contribution >= 4 is 29.9 Å². The number of hydrogen-bond acceptors (Lipinski definition) is 3. The van der Waals surface area contributed by atoms with Crippen molar-refractivity contribution in [2.24, 2.45) is 10.9 Å². The number of likely N-dealkylation sites (tertiary alicyclic amines) is 2. The number of benzene rings is 1. The maximum Gasteiger partial charge on any atom is 0.191 e. The van der Waals surface area contributed by atoms with Gasteiger partial charge in [0, 0.05) is 38.8 Å². The smallest absolute Gasteiger partial charge is 0.191 e. The van der Waals surface area contributed by atoms with Crippen molar-refractivity contribution in [3.05, 3.63) is 35.9 Å². The number of rotatable bonds is 6. The number of nitrogens with one attached hydrogen (secondary N) is 2. The summed E-state index contributed by atoms with van der Waals surface area (Å²) in [6.45, 7) is 7.95. The van der Waals surface area contributed by atoms with Crippen LogP contribution in [0.1, 0.15) is 38.2 Å². The fraction of sp³-hybridized carbons (Fsp3) is 0.682. The minimum Gasteiger partial charge on any atom is -0.356 e. The van der Waals surface area contributed by atoms with E-state index in [2.05, 4.69) is 69.7 Å². The average Bonchev–Trinajstić information content (AvgIpc) is 3.02. The molecule has 0 amide bonds. The lowest BCUT2D eigenvalue weighted by Crippen LogP contribution is -2.45. The van der Waals surface area contributed by atoms with Crippen LogP contribution in [0.4, 0.5) is 0 Å². The van der Waals surface area contributed by atoms with Crippen LogP contribution in [0.3, 0.4) is 0 Å². The molecule has 2 N–H and O–H groups in total. The lowest BCUT2D eigenvalue weighted by atomic mass is 9.94. The molecule has 0 saturated carbocycles. The van der Waals surface area contributed by atoms with Crippen molar-refractivity contribution in [1.82, 2.24) is 20.4 Å². The molecule has 0 bridgehead atoms. The van der Waals surface area contributed by atoms with Gasteiger partial charge in [0.2, 0.25) is 0 Å². The molecule has 1 aromatic rings. The molecule has 5 nitrogen and oxygen atoms in total. The van der Waals surface area contributed by atoms with Crippen molar-refractivity contribution in [2.75, 3.05) is 40.3 Å². The first-order valence-corrected chi connectivity index (χ1v) is 10.6. The summed E-state index contributed by atoms with van der Waals surface area (Å²) in [5.74, 6) is 1.82. The van der Waals surface area contributed by atoms with Gasteiger partial charge in [0.1, 0.15) is 0 Å². The number of guanidine groups is 1. The van der Waals surface area contributed by atoms with Crippen LogP contribution in [0.5, 0.6) is 0 Å². The van der Waals surface area contributed by atoms with Gasteiger partial charge in [0.15, 0.2) is 5.96 Å². The quantitative estimate of drug-likeness (QED) is 0.359. The molecule has 2 fully saturated rings. The van der Waals surface area contributed by atoms with Crippen molar-refractivity contribution in [3.8, 4) is 0 Å². The predicted octanol–water partition coefficient (Wildman–Crippen LogP) is 3.16. The van der Waals surface area contributed by atoms with Gasteiger partial charge in [-0.25, -0.2) is 0 Å². The van der Waals surface area contributed by atoms with Crippen molar-refractivity contribution in [2.45, 2.75) is 51.2 Å². The van der Waals surface area contributed by atoms with E-state index in [1.54, 1.807) is 0 Å². The molecule has 158 valence electrons. The summed E-state index contributed by atoms with van der Waals surface area (Å²) in [6, 6.07) is 11.8. The topological polar surface area (TPSA) is 42.9 Å². The predicted molar refractivity (Wildman–Crippen MR) is 129 cm³/mol. The van der Waals surface area contributed by atoms with Crippen LogP contribution in [0.2, 0.25) is 0 Å². The van der Waals surface area contributed by atoms with Gasteiger partial charge >= 0.3 is 0 Å². The zero-order valence-corrected chi connectivity index (χ0v) is 20.1. The highest BCUT2D eigenvalue weighted by atomic mass is 127. The number of nitrogens with zero attached hydrogens (tertiary/aromatic N) is 3. The SMILES string of the molecule is CN=C(NCCC1CCN(C)CC1)NC1CC(C)N(Cc2ccccc2)C1.I. The molecule has 2 heterocycles. The molecule has 0 aliphatic carbocycles. The molecule has 2 aliphatic rings. The van der Waals surface area contributed by atoms with Gasteiger partial charge < -0.3 is 15.5 Å². The van der Waals surface area contributed by atoms with Crippen molar-refractivity contribution < 1.29 is 0 Å². The highest BCUT2D eigenvalue weighted by Crippen LogP contribution is 2.20. The Balaban J connectivity index is 0.00000280. The van der Waals surface area contributed by atoms with Crippen LogP contribution in [0.15, 0.2) is 35.3 Å². The Morgan fingerprint density at radius 2 is 1.89 bits per heavy atom. The van der Waals surface area contributed by atoms with Gasteiger partial charge in [-0.2, -0.15) is 0 Å². The van der Waals surface area contributed by atoms with Crippen LogP contribution in [-0.4, -0.2) is 68.1 Å². The first-order valence-electron chi connectivity index (χ1n) is 10.6. The van der Waals surface area contributed by atoms with E-state index in [1.807, 2.05) is 7.05 Å². The van der Waals surface area contributed by atoms with Gasteiger partial charge in [-0.05, 0) is 64.2 Å². The van der Waals surface area contributed by atoms with Gasteiger partial charge in [-0.15, -0.1) is 24.0 Å². The Labute approximate surface area is 188 Å². The molecule has 2 aliphatic heterocycles. The van der Waals surface area contributed by atoms with E-state index < -0.39 is 0 Å². The molecule has 3 rings (SSSR count). The van der Waals surface area contributed by atoms with Crippen LogP contribution in [0.25, 0.3) is 0 Å². The number of halogens is 1. The molecule has 0 aromatic heterocycles. The first kappa shape index (κ1) is 23.4. The molecule has 2 saturated heterocycles. The third-order valence-electron chi connectivity index (χ3n) is 6.18. The Hall–Kier alpha value is -0.860. The van der Waals surface area contributed by atoms with E-state index in [-0.39, 0.29) is 24.0 Å². The van der Waals surface area contributed by atoms with Crippen LogP contribution in [-0.2, 0) is 6.54 Å². The van der Waals surface area contributed by atoms with Gasteiger partial charge in [0.05, 0.1) is 0 Å². The lowest BCUT2D eigenvalue weighted by molar-refractivity contribution is 0.213. The van der Waals surface area contributed by atoms with Gasteiger partial charge in [-0.1, -0.05) is 30.3 Å². The van der Waals surface area contributed by atoms with Crippen LogP contribution < -0.4 is 10.6 Å². The number of piperidine rings is 1. The molecule has 2 unspecified atom stereocenters. The summed E-state index contributed by atoms with van der Waals surface area (Å²) < 4.78 is 0. The van der Waals surface area contributed by atoms with Gasteiger partial charge in [-0.3, -0.25) is 9.89 Å². The molecular weight excluding hydrogens is 461 g/mol. The standard InChI is InChI=1S/C22H37N5.HI/c1-18-15-21(17-27(18)16-20-7-5-4-6-8-20)25-22(23-2)24-12-9-19-10-13-26(3)14-11-19;/h4-8,18-19,21H,9-17H2,1-3H3,(H2,23,24,25);1H. The first-order chi connectivity index (χ1) is 13.1. The summed E-state index contributed by atoms with van der Waals surface area (Å²) in [5, 5.41) is 7.19. The maximum absolute atomic E-state index is 4.45. The zero-order valence-electron chi connectivity index (χ0n) is 17.7. The molecule has 0 spiro atoms. The monoisotopic (exact) mass is 499 g/mol. The van der Waals surface area contributed by atoms with E-state index in [0.29, 0.717) is 12.1 Å². The van der Waals surface area contributed by atoms with Gasteiger partial charge in [0.25, 0.3) is 0 Å². The Bertz CT molecular complexity index is 586. The summed E-state index contributed by atoms with van der Waals surface area (Å²) >= 11 is 0. The average molecular weight is 499 g/mol. The summed E-state index contributed by atoms with van der Waals surface area (Å²) in [4.78, 5) is 9.45. The van der Waals surface area contributed by atoms with E-state index >= 15 is 0 Å². The Morgan fingerprint density at radius 1 is 1.18 bits per heavy atom. The highest BCUT2D eigenvalue weighted by molar-refractivity contribution is 14.0. The number of aliphatic imine (C=N–C) groups is 1. The molecule has 2 atom stereocenters. The second kappa shape index (κ2) is 12.0. The normalized spacial score (nSPS) is 24.8. The fourth-order valence-corrected chi connectivity index (χ4v) is 4.37. The van der Waals surface area contributed by atoms with E-state index in [9.17, 15) is 0 Å². The second-order valence-corrected chi connectivity index (χ2v) is 8.38. The van der Waals surface area contributed by atoms with Crippen molar-refractivity contribution in [3.63, 3.8) is 0 Å². The van der Waals surface area contributed by atoms with E-state index in [4.69, 9.17) is 0 Å². The summed E-state index contributed by atoms with van der Waals surface area (Å²) in [7, 11) is 4.11. The third kappa shape index (κ3) is 7.19. The Kier molecular flexibility index (Phi) is 10.0. The van der Waals surface area contributed by atoms with Crippen LogP contribution in [0, 0.1) is 5.92 Å². The molecule has 28 heavy (non-hydrogen) atoms. The van der Waals surface area contributed by atoms with Crippen LogP contribution >= 0.6 is 24.0 Å². The molecule has 6 heteroatoms. The molecule has 1 aromatic carbocycles. The summed E-state index contributed by atoms with van der Waals surface area (Å²) in [6.07, 6.45) is 5.08. The fourth-order valence-electron chi connectivity index (χ4n) is 4.37. The summed E-state index contributed by atoms with van der Waals surface area (Å²) in [5.41, 5.74) is 1.39. The minimum atomic E-state index is 0. The maximum atomic E-state index is 4.45. The highest BCUT2D eigenvalue weighted by Gasteiger charge is 2.29. The largest absolute Gasteiger partial charge is 0.356 e. The number of hydrogen-bond donors (Lipinski definition) is 2. The Morgan fingerprint density at radius 3 is 2.57 bits per heavy atom. The van der Waals surface area contributed by atoms with Crippen molar-refractivity contribution in [1.29, 1.82) is 0 Å². The molecule has 0 radical (unpaired) electrons. The second-order valence-electron chi connectivity index (χ2n) is 8.38.